The minimum absolute atomic E-state index is 0.151. The summed E-state index contributed by atoms with van der Waals surface area (Å²) in [5, 5.41) is 10.1. The van der Waals surface area contributed by atoms with Crippen LogP contribution in [-0.4, -0.2) is 11.1 Å². The summed E-state index contributed by atoms with van der Waals surface area (Å²) in [6, 6.07) is 5.21. The second kappa shape index (κ2) is 4.49. The number of phenolic OH excluding ortho intramolecular Hbond substituents is 1. The summed E-state index contributed by atoms with van der Waals surface area (Å²) in [6.45, 7) is 1.95. The fourth-order valence-corrected chi connectivity index (χ4v) is 1.33. The molecule has 0 heterocycles. The first kappa shape index (κ1) is 10.4. The molecular formula is C10H14ClNO. The highest BCUT2D eigenvalue weighted by Crippen LogP contribution is 2.22. The number of nitrogens with two attached hydrogens (primary N) is 1. The Kier molecular flexibility index (Phi) is 3.58. The maximum absolute atomic E-state index is 9.45. The summed E-state index contributed by atoms with van der Waals surface area (Å²) in [5.41, 5.74) is 6.48. The van der Waals surface area contributed by atoms with Crippen molar-refractivity contribution in [3.8, 4) is 5.75 Å². The van der Waals surface area contributed by atoms with Gasteiger partial charge in [-0.3, -0.25) is 0 Å². The van der Waals surface area contributed by atoms with Crippen molar-refractivity contribution < 1.29 is 5.11 Å². The molecule has 0 unspecified atom stereocenters. The number of hydrogen-bond acceptors (Lipinski definition) is 2. The van der Waals surface area contributed by atoms with Crippen LogP contribution in [0.5, 0.6) is 5.75 Å². The van der Waals surface area contributed by atoms with Crippen molar-refractivity contribution in [1.82, 2.24) is 0 Å². The van der Waals surface area contributed by atoms with Crippen LogP contribution in [0.3, 0.4) is 0 Å². The number of phenols is 1. The standard InChI is InChI=1S/C10H14ClNO/c1-7(12)2-3-8-6-9(11)4-5-10(8)13/h4-7,13H,2-3,12H2,1H3/t7-/m1/s1. The van der Waals surface area contributed by atoms with Crippen LogP contribution in [0, 0.1) is 0 Å². The number of benzene rings is 1. The lowest BCUT2D eigenvalue weighted by molar-refractivity contribution is 0.466. The van der Waals surface area contributed by atoms with Crippen molar-refractivity contribution in [2.75, 3.05) is 0 Å². The van der Waals surface area contributed by atoms with Gasteiger partial charge in [-0.05, 0) is 43.5 Å². The lowest BCUT2D eigenvalue weighted by atomic mass is 10.1. The van der Waals surface area contributed by atoms with E-state index in [9.17, 15) is 5.11 Å². The quantitative estimate of drug-likeness (QED) is 0.785. The SMILES string of the molecule is C[C@@H](N)CCc1cc(Cl)ccc1O. The summed E-state index contributed by atoms with van der Waals surface area (Å²) in [7, 11) is 0. The molecule has 1 aromatic rings. The molecule has 3 heteroatoms. The second-order valence-corrected chi connectivity index (χ2v) is 3.73. The van der Waals surface area contributed by atoms with Crippen LogP contribution in [0.15, 0.2) is 18.2 Å². The first-order chi connectivity index (χ1) is 6.09. The predicted octanol–water partition coefficient (Wildman–Crippen LogP) is 2.33. The van der Waals surface area contributed by atoms with E-state index < -0.39 is 0 Å². The number of aryl methyl sites for hydroxylation is 1. The highest BCUT2D eigenvalue weighted by atomic mass is 35.5. The van der Waals surface area contributed by atoms with Crippen molar-refractivity contribution in [1.29, 1.82) is 0 Å². The van der Waals surface area contributed by atoms with E-state index in [-0.39, 0.29) is 6.04 Å². The minimum Gasteiger partial charge on any atom is -0.508 e. The van der Waals surface area contributed by atoms with Gasteiger partial charge in [-0.2, -0.15) is 0 Å². The Bertz CT molecular complexity index is 286. The molecule has 0 spiro atoms. The van der Waals surface area contributed by atoms with Crippen LogP contribution < -0.4 is 5.73 Å². The molecule has 3 N–H and O–H groups in total. The van der Waals surface area contributed by atoms with Crippen LogP contribution in [0.2, 0.25) is 5.02 Å². The fraction of sp³-hybridized carbons (Fsp3) is 0.400. The Balaban J connectivity index is 2.70. The van der Waals surface area contributed by atoms with Crippen molar-refractivity contribution in [3.63, 3.8) is 0 Å². The zero-order valence-electron chi connectivity index (χ0n) is 7.63. The van der Waals surface area contributed by atoms with Gasteiger partial charge < -0.3 is 10.8 Å². The Morgan fingerprint density at radius 3 is 2.85 bits per heavy atom. The monoisotopic (exact) mass is 199 g/mol. The highest BCUT2D eigenvalue weighted by Gasteiger charge is 2.03. The Labute approximate surface area is 83.3 Å². The molecule has 0 saturated heterocycles. The lowest BCUT2D eigenvalue weighted by Crippen LogP contribution is -2.15. The molecule has 0 aliphatic heterocycles. The average molecular weight is 200 g/mol. The minimum atomic E-state index is 0.151. The first-order valence-electron chi connectivity index (χ1n) is 4.32. The van der Waals surface area contributed by atoms with Gasteiger partial charge in [-0.1, -0.05) is 11.6 Å². The van der Waals surface area contributed by atoms with Gasteiger partial charge in [-0.15, -0.1) is 0 Å². The normalized spacial score (nSPS) is 12.8. The van der Waals surface area contributed by atoms with Gasteiger partial charge >= 0.3 is 0 Å². The smallest absolute Gasteiger partial charge is 0.118 e. The number of rotatable bonds is 3. The topological polar surface area (TPSA) is 46.2 Å². The maximum atomic E-state index is 9.45. The summed E-state index contributed by atoms with van der Waals surface area (Å²) < 4.78 is 0. The van der Waals surface area contributed by atoms with E-state index >= 15 is 0 Å². The van der Waals surface area contributed by atoms with Crippen molar-refractivity contribution in [2.24, 2.45) is 5.73 Å². The third-order valence-electron chi connectivity index (χ3n) is 1.91. The summed E-state index contributed by atoms with van der Waals surface area (Å²) in [6.07, 6.45) is 1.62. The average Bonchev–Trinajstić information content (AvgIpc) is 2.06. The van der Waals surface area contributed by atoms with E-state index in [1.807, 2.05) is 6.92 Å². The van der Waals surface area contributed by atoms with E-state index in [1.54, 1.807) is 18.2 Å². The van der Waals surface area contributed by atoms with Gasteiger partial charge in [0.25, 0.3) is 0 Å². The third-order valence-corrected chi connectivity index (χ3v) is 2.15. The van der Waals surface area contributed by atoms with Crippen molar-refractivity contribution in [2.45, 2.75) is 25.8 Å². The molecule has 72 valence electrons. The molecule has 1 aromatic carbocycles. The predicted molar refractivity (Wildman–Crippen MR) is 55.1 cm³/mol. The summed E-state index contributed by atoms with van der Waals surface area (Å²) >= 11 is 5.79. The van der Waals surface area contributed by atoms with E-state index in [0.29, 0.717) is 10.8 Å². The Hall–Kier alpha value is -0.730. The van der Waals surface area contributed by atoms with Crippen LogP contribution in [0.4, 0.5) is 0 Å². The second-order valence-electron chi connectivity index (χ2n) is 3.29. The van der Waals surface area contributed by atoms with Gasteiger partial charge in [0.15, 0.2) is 0 Å². The van der Waals surface area contributed by atoms with Gasteiger partial charge in [-0.25, -0.2) is 0 Å². The Morgan fingerprint density at radius 2 is 2.23 bits per heavy atom. The van der Waals surface area contributed by atoms with Gasteiger partial charge in [0, 0.05) is 11.1 Å². The van der Waals surface area contributed by atoms with Crippen LogP contribution >= 0.6 is 11.6 Å². The number of halogens is 1. The molecule has 2 nitrogen and oxygen atoms in total. The van der Waals surface area contributed by atoms with Crippen LogP contribution in [0.25, 0.3) is 0 Å². The zero-order chi connectivity index (χ0) is 9.84. The number of aromatic hydroxyl groups is 1. The lowest BCUT2D eigenvalue weighted by Gasteiger charge is -2.07. The molecular weight excluding hydrogens is 186 g/mol. The molecule has 0 radical (unpaired) electrons. The molecule has 1 rings (SSSR count). The van der Waals surface area contributed by atoms with Crippen LogP contribution in [0.1, 0.15) is 18.9 Å². The summed E-state index contributed by atoms with van der Waals surface area (Å²) in [4.78, 5) is 0. The molecule has 13 heavy (non-hydrogen) atoms. The molecule has 0 saturated carbocycles. The molecule has 0 aliphatic carbocycles. The first-order valence-corrected chi connectivity index (χ1v) is 4.70. The number of hydrogen-bond donors (Lipinski definition) is 2. The van der Waals surface area contributed by atoms with Crippen molar-refractivity contribution in [3.05, 3.63) is 28.8 Å². The zero-order valence-corrected chi connectivity index (χ0v) is 8.38. The molecule has 0 amide bonds. The molecule has 0 bridgehead atoms. The molecule has 0 fully saturated rings. The van der Waals surface area contributed by atoms with E-state index in [0.717, 1.165) is 18.4 Å². The van der Waals surface area contributed by atoms with Gasteiger partial charge in [0.2, 0.25) is 0 Å². The van der Waals surface area contributed by atoms with Gasteiger partial charge in [0.05, 0.1) is 0 Å². The van der Waals surface area contributed by atoms with E-state index in [4.69, 9.17) is 17.3 Å². The largest absolute Gasteiger partial charge is 0.508 e. The van der Waals surface area contributed by atoms with Crippen molar-refractivity contribution >= 4 is 11.6 Å². The van der Waals surface area contributed by atoms with E-state index in [2.05, 4.69) is 0 Å². The van der Waals surface area contributed by atoms with E-state index in [1.165, 1.54) is 0 Å². The maximum Gasteiger partial charge on any atom is 0.118 e. The molecule has 0 aromatic heterocycles. The molecule has 0 aliphatic rings. The fourth-order valence-electron chi connectivity index (χ4n) is 1.14. The highest BCUT2D eigenvalue weighted by molar-refractivity contribution is 6.30. The Morgan fingerprint density at radius 1 is 1.54 bits per heavy atom. The third kappa shape index (κ3) is 3.25. The molecule has 1 atom stereocenters. The van der Waals surface area contributed by atoms with Crippen LogP contribution in [-0.2, 0) is 6.42 Å². The van der Waals surface area contributed by atoms with Gasteiger partial charge in [0.1, 0.15) is 5.75 Å². The summed E-state index contributed by atoms with van der Waals surface area (Å²) in [5.74, 6) is 0.296.